The number of nitrogens with zero attached hydrogens (tertiary/aromatic N) is 1. The molecule has 2 unspecified atom stereocenters. The molecule has 0 aliphatic carbocycles. The zero-order valence-corrected chi connectivity index (χ0v) is 11.2. The smallest absolute Gasteiger partial charge is 0.0624 e. The standard InChI is InChI=1S/C13H26N2O2/c1-13(10-17-8-12(13)14)9-15-5-3-11(4-6-15)7-16-2/h11-12H,3-10,14H2,1-2H3. The molecule has 0 bridgehead atoms. The molecule has 100 valence electrons. The van der Waals surface area contributed by atoms with Gasteiger partial charge in [-0.1, -0.05) is 6.92 Å². The van der Waals surface area contributed by atoms with Gasteiger partial charge in [-0.25, -0.2) is 0 Å². The predicted octanol–water partition coefficient (Wildman–Crippen LogP) is 0.709. The minimum atomic E-state index is 0.147. The molecule has 0 aromatic heterocycles. The highest BCUT2D eigenvalue weighted by molar-refractivity contribution is 4.93. The maximum absolute atomic E-state index is 6.13. The van der Waals surface area contributed by atoms with Gasteiger partial charge >= 0.3 is 0 Å². The van der Waals surface area contributed by atoms with E-state index in [1.54, 1.807) is 7.11 Å². The van der Waals surface area contributed by atoms with E-state index < -0.39 is 0 Å². The average Bonchev–Trinajstić information content (AvgIpc) is 2.62. The van der Waals surface area contributed by atoms with Crippen LogP contribution in [-0.4, -0.2) is 57.5 Å². The van der Waals surface area contributed by atoms with Gasteiger partial charge in [0.1, 0.15) is 0 Å². The van der Waals surface area contributed by atoms with Crippen molar-refractivity contribution in [2.75, 3.05) is 46.6 Å². The highest BCUT2D eigenvalue weighted by Crippen LogP contribution is 2.29. The number of hydrogen-bond donors (Lipinski definition) is 1. The third-order valence-electron chi connectivity index (χ3n) is 4.32. The van der Waals surface area contributed by atoms with Crippen molar-refractivity contribution in [1.29, 1.82) is 0 Å². The Morgan fingerprint density at radius 3 is 2.65 bits per heavy atom. The van der Waals surface area contributed by atoms with Crippen LogP contribution in [0.4, 0.5) is 0 Å². The number of hydrogen-bond acceptors (Lipinski definition) is 4. The summed E-state index contributed by atoms with van der Waals surface area (Å²) in [6.07, 6.45) is 2.50. The molecule has 2 atom stereocenters. The zero-order valence-electron chi connectivity index (χ0n) is 11.2. The maximum Gasteiger partial charge on any atom is 0.0624 e. The lowest BCUT2D eigenvalue weighted by Crippen LogP contribution is -2.49. The minimum absolute atomic E-state index is 0.147. The van der Waals surface area contributed by atoms with Gasteiger partial charge in [0.15, 0.2) is 0 Å². The Morgan fingerprint density at radius 1 is 1.41 bits per heavy atom. The number of methoxy groups -OCH3 is 1. The first-order chi connectivity index (χ1) is 8.14. The van der Waals surface area contributed by atoms with E-state index >= 15 is 0 Å². The first kappa shape index (κ1) is 13.3. The Bertz CT molecular complexity index is 242. The predicted molar refractivity (Wildman–Crippen MR) is 67.9 cm³/mol. The molecule has 4 heteroatoms. The molecule has 17 heavy (non-hydrogen) atoms. The van der Waals surface area contributed by atoms with Gasteiger partial charge in [-0.05, 0) is 31.8 Å². The monoisotopic (exact) mass is 242 g/mol. The summed E-state index contributed by atoms with van der Waals surface area (Å²) >= 11 is 0. The van der Waals surface area contributed by atoms with Crippen molar-refractivity contribution in [2.45, 2.75) is 25.8 Å². The van der Waals surface area contributed by atoms with Crippen molar-refractivity contribution < 1.29 is 9.47 Å². The van der Waals surface area contributed by atoms with E-state index in [9.17, 15) is 0 Å². The van der Waals surface area contributed by atoms with E-state index in [1.807, 2.05) is 0 Å². The van der Waals surface area contributed by atoms with Gasteiger partial charge < -0.3 is 20.1 Å². The van der Waals surface area contributed by atoms with Crippen molar-refractivity contribution in [3.05, 3.63) is 0 Å². The summed E-state index contributed by atoms with van der Waals surface area (Å²) in [5.41, 5.74) is 6.28. The summed E-state index contributed by atoms with van der Waals surface area (Å²) in [5.74, 6) is 0.748. The van der Waals surface area contributed by atoms with Crippen LogP contribution in [0.1, 0.15) is 19.8 Å². The zero-order chi connectivity index (χ0) is 12.3. The molecule has 2 fully saturated rings. The van der Waals surface area contributed by atoms with Gasteiger partial charge in [-0.3, -0.25) is 0 Å². The van der Waals surface area contributed by atoms with Crippen LogP contribution in [-0.2, 0) is 9.47 Å². The summed E-state index contributed by atoms with van der Waals surface area (Å²) in [5, 5.41) is 0. The Labute approximate surface area is 104 Å². The van der Waals surface area contributed by atoms with E-state index in [4.69, 9.17) is 15.2 Å². The molecule has 0 aromatic carbocycles. The first-order valence-electron chi connectivity index (χ1n) is 6.69. The lowest BCUT2D eigenvalue weighted by molar-refractivity contribution is 0.0686. The Balaban J connectivity index is 1.78. The lowest BCUT2D eigenvalue weighted by atomic mass is 9.84. The summed E-state index contributed by atoms with van der Waals surface area (Å²) in [6.45, 7) is 8.13. The quantitative estimate of drug-likeness (QED) is 0.789. The van der Waals surface area contributed by atoms with E-state index in [-0.39, 0.29) is 11.5 Å². The van der Waals surface area contributed by atoms with Crippen molar-refractivity contribution in [2.24, 2.45) is 17.1 Å². The lowest BCUT2D eigenvalue weighted by Gasteiger charge is -2.38. The topological polar surface area (TPSA) is 47.7 Å². The average molecular weight is 242 g/mol. The van der Waals surface area contributed by atoms with E-state index in [1.165, 1.54) is 25.9 Å². The summed E-state index contributed by atoms with van der Waals surface area (Å²) < 4.78 is 10.7. The molecule has 0 aromatic rings. The Hall–Kier alpha value is -0.160. The molecule has 2 aliphatic rings. The van der Waals surface area contributed by atoms with Gasteiger partial charge in [-0.2, -0.15) is 0 Å². The molecule has 2 rings (SSSR count). The van der Waals surface area contributed by atoms with Gasteiger partial charge in [0, 0.05) is 31.7 Å². The first-order valence-corrected chi connectivity index (χ1v) is 6.69. The van der Waals surface area contributed by atoms with Crippen molar-refractivity contribution in [3.8, 4) is 0 Å². The van der Waals surface area contributed by atoms with Gasteiger partial charge in [0.05, 0.1) is 13.2 Å². The van der Waals surface area contributed by atoms with Crippen LogP contribution >= 0.6 is 0 Å². The molecule has 2 N–H and O–H groups in total. The van der Waals surface area contributed by atoms with Crippen LogP contribution in [0.2, 0.25) is 0 Å². The minimum Gasteiger partial charge on any atom is -0.384 e. The molecule has 2 saturated heterocycles. The van der Waals surface area contributed by atoms with Crippen LogP contribution in [0.5, 0.6) is 0 Å². The highest BCUT2D eigenvalue weighted by Gasteiger charge is 2.39. The maximum atomic E-state index is 6.13. The van der Waals surface area contributed by atoms with Gasteiger partial charge in [0.2, 0.25) is 0 Å². The van der Waals surface area contributed by atoms with Crippen LogP contribution < -0.4 is 5.73 Å². The molecule has 2 aliphatic heterocycles. The number of piperidine rings is 1. The number of ether oxygens (including phenoxy) is 2. The molecule has 2 heterocycles. The Morgan fingerprint density at radius 2 is 2.12 bits per heavy atom. The Kier molecular flexibility index (Phi) is 4.42. The van der Waals surface area contributed by atoms with Gasteiger partial charge in [-0.15, -0.1) is 0 Å². The normalized spacial score (nSPS) is 36.5. The summed E-state index contributed by atoms with van der Waals surface area (Å²) in [7, 11) is 1.79. The fraction of sp³-hybridized carbons (Fsp3) is 1.00. The second-order valence-corrected chi connectivity index (χ2v) is 5.95. The number of nitrogens with two attached hydrogens (primary N) is 1. The molecular weight excluding hydrogens is 216 g/mol. The van der Waals surface area contributed by atoms with E-state index in [0.29, 0.717) is 0 Å². The van der Waals surface area contributed by atoms with Gasteiger partial charge in [0.25, 0.3) is 0 Å². The fourth-order valence-electron chi connectivity index (χ4n) is 2.95. The van der Waals surface area contributed by atoms with Crippen LogP contribution in [0.3, 0.4) is 0 Å². The highest BCUT2D eigenvalue weighted by atomic mass is 16.5. The fourth-order valence-corrected chi connectivity index (χ4v) is 2.95. The second-order valence-electron chi connectivity index (χ2n) is 5.95. The summed E-state index contributed by atoms with van der Waals surface area (Å²) in [6, 6.07) is 0.194. The van der Waals surface area contributed by atoms with Crippen LogP contribution in [0.15, 0.2) is 0 Å². The SMILES string of the molecule is COCC1CCN(CC2(C)COCC2N)CC1. The van der Waals surface area contributed by atoms with Crippen LogP contribution in [0.25, 0.3) is 0 Å². The third-order valence-corrected chi connectivity index (χ3v) is 4.32. The number of likely N-dealkylation sites (tertiary alicyclic amines) is 1. The molecular formula is C13H26N2O2. The van der Waals surface area contributed by atoms with Crippen LogP contribution in [0, 0.1) is 11.3 Å². The van der Waals surface area contributed by atoms with E-state index in [0.717, 1.165) is 32.3 Å². The molecule has 0 saturated carbocycles. The van der Waals surface area contributed by atoms with E-state index in [2.05, 4.69) is 11.8 Å². The molecule has 0 amide bonds. The van der Waals surface area contributed by atoms with Crippen molar-refractivity contribution >= 4 is 0 Å². The second kappa shape index (κ2) is 5.65. The third kappa shape index (κ3) is 3.19. The molecule has 0 spiro atoms. The van der Waals surface area contributed by atoms with Crippen molar-refractivity contribution in [3.63, 3.8) is 0 Å². The molecule has 0 radical (unpaired) electrons. The largest absolute Gasteiger partial charge is 0.384 e. The van der Waals surface area contributed by atoms with Crippen molar-refractivity contribution in [1.82, 2.24) is 4.90 Å². The number of rotatable bonds is 4. The summed E-state index contributed by atoms with van der Waals surface area (Å²) in [4.78, 5) is 2.54. The molecule has 4 nitrogen and oxygen atoms in total.